The van der Waals surface area contributed by atoms with Gasteiger partial charge in [0.1, 0.15) is 11.5 Å². The molecular weight excluding hydrogens is 397 g/mol. The number of para-hydroxylation sites is 1. The van der Waals surface area contributed by atoms with E-state index in [1.807, 2.05) is 6.92 Å². The number of nitrogens with two attached hydrogens (primary N) is 2. The molecule has 2 heterocycles. The van der Waals surface area contributed by atoms with Gasteiger partial charge in [0.25, 0.3) is 5.91 Å². The highest BCUT2D eigenvalue weighted by Gasteiger charge is 2.27. The van der Waals surface area contributed by atoms with Crippen molar-refractivity contribution in [2.24, 2.45) is 11.5 Å². The number of primary amides is 2. The molecule has 7 nitrogen and oxygen atoms in total. The Kier molecular flexibility index (Phi) is 4.98. The Balaban J connectivity index is 1.98. The summed E-state index contributed by atoms with van der Waals surface area (Å²) in [6.45, 7) is 3.98. The minimum atomic E-state index is -0.770. The highest BCUT2D eigenvalue weighted by Crippen LogP contribution is 2.36. The summed E-state index contributed by atoms with van der Waals surface area (Å²) < 4.78 is 15.0. The van der Waals surface area contributed by atoms with Gasteiger partial charge in [-0.2, -0.15) is 5.10 Å². The quantitative estimate of drug-likeness (QED) is 0.519. The van der Waals surface area contributed by atoms with Crippen LogP contribution in [0.25, 0.3) is 22.0 Å². The molecule has 0 spiro atoms. The molecule has 31 heavy (non-hydrogen) atoms. The molecule has 0 aliphatic heterocycles. The molecular formula is C23H20FN5O2. The SMILES string of the molecule is Cc1nn(Cc2ccc(F)cc2)c(C)c1-c1c(C(N)=O)nc2ccccc2c1C(N)=O. The number of hydrogen-bond acceptors (Lipinski definition) is 4. The van der Waals surface area contributed by atoms with Crippen molar-refractivity contribution in [1.29, 1.82) is 0 Å². The van der Waals surface area contributed by atoms with Gasteiger partial charge in [0.15, 0.2) is 0 Å². The van der Waals surface area contributed by atoms with Crippen LogP contribution in [-0.2, 0) is 6.54 Å². The molecule has 2 amide bonds. The Morgan fingerprint density at radius 1 is 0.968 bits per heavy atom. The average molecular weight is 417 g/mol. The van der Waals surface area contributed by atoms with Crippen molar-refractivity contribution in [3.63, 3.8) is 0 Å². The largest absolute Gasteiger partial charge is 0.366 e. The second kappa shape index (κ2) is 7.64. The van der Waals surface area contributed by atoms with Crippen LogP contribution in [0.3, 0.4) is 0 Å². The van der Waals surface area contributed by atoms with E-state index in [0.29, 0.717) is 34.4 Å². The maximum atomic E-state index is 13.2. The van der Waals surface area contributed by atoms with Crippen LogP contribution in [0.5, 0.6) is 0 Å². The average Bonchev–Trinajstić information content (AvgIpc) is 3.00. The van der Waals surface area contributed by atoms with Crippen LogP contribution in [0.4, 0.5) is 4.39 Å². The lowest BCUT2D eigenvalue weighted by atomic mass is 9.92. The van der Waals surface area contributed by atoms with E-state index < -0.39 is 11.8 Å². The molecule has 4 aromatic rings. The highest BCUT2D eigenvalue weighted by atomic mass is 19.1. The highest BCUT2D eigenvalue weighted by molar-refractivity contribution is 6.15. The molecule has 0 unspecified atom stereocenters. The van der Waals surface area contributed by atoms with Crippen molar-refractivity contribution >= 4 is 22.7 Å². The van der Waals surface area contributed by atoms with E-state index >= 15 is 0 Å². The molecule has 8 heteroatoms. The molecule has 0 atom stereocenters. The van der Waals surface area contributed by atoms with E-state index in [1.165, 1.54) is 12.1 Å². The number of benzene rings is 2. The van der Waals surface area contributed by atoms with Gasteiger partial charge in [0, 0.05) is 22.2 Å². The first-order valence-corrected chi connectivity index (χ1v) is 9.59. The maximum absolute atomic E-state index is 13.2. The van der Waals surface area contributed by atoms with Crippen LogP contribution in [-0.4, -0.2) is 26.6 Å². The number of rotatable bonds is 5. The van der Waals surface area contributed by atoms with Crippen LogP contribution in [0, 0.1) is 19.7 Å². The van der Waals surface area contributed by atoms with Crippen molar-refractivity contribution in [1.82, 2.24) is 14.8 Å². The van der Waals surface area contributed by atoms with E-state index in [-0.39, 0.29) is 22.6 Å². The molecule has 0 saturated heterocycles. The van der Waals surface area contributed by atoms with Gasteiger partial charge in [0.05, 0.1) is 23.3 Å². The van der Waals surface area contributed by atoms with Gasteiger partial charge in [-0.3, -0.25) is 14.3 Å². The van der Waals surface area contributed by atoms with Crippen molar-refractivity contribution in [3.05, 3.63) is 82.6 Å². The second-order valence-corrected chi connectivity index (χ2v) is 7.29. The Morgan fingerprint density at radius 2 is 1.65 bits per heavy atom. The molecule has 4 rings (SSSR count). The lowest BCUT2D eigenvalue weighted by Gasteiger charge is -2.14. The number of aryl methyl sites for hydroxylation is 1. The molecule has 0 saturated carbocycles. The van der Waals surface area contributed by atoms with Crippen LogP contribution in [0.2, 0.25) is 0 Å². The topological polar surface area (TPSA) is 117 Å². The Morgan fingerprint density at radius 3 is 2.29 bits per heavy atom. The molecule has 2 aromatic carbocycles. The summed E-state index contributed by atoms with van der Waals surface area (Å²) in [6, 6.07) is 13.0. The normalized spacial score (nSPS) is 11.1. The number of pyridine rings is 1. The maximum Gasteiger partial charge on any atom is 0.267 e. The summed E-state index contributed by atoms with van der Waals surface area (Å²) >= 11 is 0. The third-order valence-electron chi connectivity index (χ3n) is 5.25. The van der Waals surface area contributed by atoms with Crippen LogP contribution < -0.4 is 11.5 Å². The standard InChI is InChI=1S/C23H20FN5O2/c1-12-18(13(2)29(28-12)11-14-7-9-15(24)10-8-14)20-19(22(25)30)16-5-3-4-6-17(16)27-21(20)23(26)31/h3-10H,11H2,1-2H3,(H2,25,30)(H2,26,31). The Hall–Kier alpha value is -4.07. The third-order valence-corrected chi connectivity index (χ3v) is 5.25. The second-order valence-electron chi connectivity index (χ2n) is 7.29. The van der Waals surface area contributed by atoms with E-state index in [4.69, 9.17) is 11.5 Å². The molecule has 0 bridgehead atoms. The summed E-state index contributed by atoms with van der Waals surface area (Å²) in [5.74, 6) is -1.79. The number of amides is 2. The van der Waals surface area contributed by atoms with Crippen molar-refractivity contribution < 1.29 is 14.0 Å². The van der Waals surface area contributed by atoms with E-state index in [2.05, 4.69) is 10.1 Å². The number of nitrogens with zero attached hydrogens (tertiary/aromatic N) is 3. The Labute approximate surface area is 177 Å². The number of hydrogen-bond donors (Lipinski definition) is 2. The van der Waals surface area contributed by atoms with E-state index in [1.54, 1.807) is 48.0 Å². The van der Waals surface area contributed by atoms with Crippen molar-refractivity contribution in [3.8, 4) is 11.1 Å². The molecule has 0 fully saturated rings. The molecule has 0 aliphatic carbocycles. The Bertz CT molecular complexity index is 1340. The zero-order chi connectivity index (χ0) is 22.3. The molecule has 4 N–H and O–H groups in total. The van der Waals surface area contributed by atoms with E-state index in [9.17, 15) is 14.0 Å². The summed E-state index contributed by atoms with van der Waals surface area (Å²) in [5.41, 5.74) is 14.9. The van der Waals surface area contributed by atoms with Gasteiger partial charge in [0.2, 0.25) is 5.91 Å². The zero-order valence-corrected chi connectivity index (χ0v) is 17.0. The lowest BCUT2D eigenvalue weighted by molar-refractivity contribution is 0.0996. The van der Waals surface area contributed by atoms with Crippen LogP contribution >= 0.6 is 0 Å². The molecule has 0 aliphatic rings. The molecule has 0 radical (unpaired) electrons. The minimum Gasteiger partial charge on any atom is -0.366 e. The fraction of sp³-hybridized carbons (Fsp3) is 0.130. The predicted octanol–water partition coefficient (Wildman–Crippen LogP) is 3.10. The summed E-state index contributed by atoms with van der Waals surface area (Å²) in [7, 11) is 0. The summed E-state index contributed by atoms with van der Waals surface area (Å²) in [6.07, 6.45) is 0. The first-order valence-electron chi connectivity index (χ1n) is 9.59. The molecule has 156 valence electrons. The van der Waals surface area contributed by atoms with Gasteiger partial charge in [-0.05, 0) is 37.6 Å². The number of fused-ring (bicyclic) bond motifs is 1. The monoisotopic (exact) mass is 417 g/mol. The molecule has 2 aromatic heterocycles. The van der Waals surface area contributed by atoms with E-state index in [0.717, 1.165) is 5.56 Å². The van der Waals surface area contributed by atoms with Crippen molar-refractivity contribution in [2.45, 2.75) is 20.4 Å². The zero-order valence-electron chi connectivity index (χ0n) is 17.0. The summed E-state index contributed by atoms with van der Waals surface area (Å²) in [4.78, 5) is 29.2. The van der Waals surface area contributed by atoms with Gasteiger partial charge in [-0.1, -0.05) is 30.3 Å². The smallest absolute Gasteiger partial charge is 0.267 e. The fourth-order valence-corrected chi connectivity index (χ4v) is 3.87. The van der Waals surface area contributed by atoms with Crippen LogP contribution in [0.1, 0.15) is 37.8 Å². The third kappa shape index (κ3) is 3.52. The van der Waals surface area contributed by atoms with Gasteiger partial charge in [-0.25, -0.2) is 9.37 Å². The number of halogens is 1. The lowest BCUT2D eigenvalue weighted by Crippen LogP contribution is -2.21. The van der Waals surface area contributed by atoms with Gasteiger partial charge < -0.3 is 11.5 Å². The number of aromatic nitrogens is 3. The number of carbonyl (C=O) groups excluding carboxylic acids is 2. The van der Waals surface area contributed by atoms with Crippen molar-refractivity contribution in [2.75, 3.05) is 0 Å². The van der Waals surface area contributed by atoms with Crippen LogP contribution in [0.15, 0.2) is 48.5 Å². The number of carbonyl (C=O) groups is 2. The predicted molar refractivity (Wildman–Crippen MR) is 115 cm³/mol. The van der Waals surface area contributed by atoms with Gasteiger partial charge in [-0.15, -0.1) is 0 Å². The minimum absolute atomic E-state index is 0.0416. The van der Waals surface area contributed by atoms with Gasteiger partial charge >= 0.3 is 0 Å². The summed E-state index contributed by atoms with van der Waals surface area (Å²) in [5, 5.41) is 5.10. The first kappa shape index (κ1) is 20.2. The fourth-order valence-electron chi connectivity index (χ4n) is 3.87. The first-order chi connectivity index (χ1) is 14.8.